The zero-order valence-electron chi connectivity index (χ0n) is 8.52. The normalized spacial score (nSPS) is 10.3. The number of benzene rings is 2. The van der Waals surface area contributed by atoms with Crippen molar-refractivity contribution in [2.45, 2.75) is 6.42 Å². The van der Waals surface area contributed by atoms with Gasteiger partial charge in [-0.3, -0.25) is 0 Å². The molecule has 2 N–H and O–H groups in total. The van der Waals surface area contributed by atoms with Gasteiger partial charge in [0.25, 0.3) is 0 Å². The number of hydrogen-bond acceptors (Lipinski definition) is 2. The predicted octanol–water partition coefficient (Wildman–Crippen LogP) is 3.45. The lowest BCUT2D eigenvalue weighted by Crippen LogP contribution is -1.87. The van der Waals surface area contributed by atoms with Crippen molar-refractivity contribution in [3.05, 3.63) is 58.1 Å². The Morgan fingerprint density at radius 2 is 1.50 bits per heavy atom. The lowest BCUT2D eigenvalue weighted by Gasteiger charge is -2.04. The molecule has 2 aromatic rings. The molecule has 16 heavy (non-hydrogen) atoms. The number of halogens is 1. The van der Waals surface area contributed by atoms with Gasteiger partial charge in [0, 0.05) is 0 Å². The lowest BCUT2D eigenvalue weighted by atomic mass is 10.0. The second-order valence-electron chi connectivity index (χ2n) is 3.63. The van der Waals surface area contributed by atoms with Crippen LogP contribution in [-0.4, -0.2) is 10.2 Å². The topological polar surface area (TPSA) is 40.5 Å². The van der Waals surface area contributed by atoms with Gasteiger partial charge in [0.2, 0.25) is 0 Å². The van der Waals surface area contributed by atoms with Gasteiger partial charge < -0.3 is 10.2 Å². The molecule has 0 bridgehead atoms. The summed E-state index contributed by atoms with van der Waals surface area (Å²) >= 11 is 3.28. The van der Waals surface area contributed by atoms with Crippen molar-refractivity contribution < 1.29 is 10.2 Å². The molecule has 82 valence electrons. The first-order valence-corrected chi connectivity index (χ1v) is 5.70. The number of aromatic hydroxyl groups is 2. The monoisotopic (exact) mass is 278 g/mol. The first kappa shape index (κ1) is 11.0. The summed E-state index contributed by atoms with van der Waals surface area (Å²) in [6.45, 7) is 0. The molecule has 0 aliphatic heterocycles. The molecule has 2 rings (SSSR count). The molecule has 0 unspecified atom stereocenters. The highest BCUT2D eigenvalue weighted by Crippen LogP contribution is 2.25. The molecular formula is C13H11BrO2. The van der Waals surface area contributed by atoms with E-state index in [1.807, 2.05) is 24.3 Å². The third-order valence-electron chi connectivity index (χ3n) is 2.36. The van der Waals surface area contributed by atoms with E-state index < -0.39 is 0 Å². The minimum atomic E-state index is 0.245. The van der Waals surface area contributed by atoms with Gasteiger partial charge in [0.15, 0.2) is 0 Å². The minimum Gasteiger partial charge on any atom is -0.508 e. The fourth-order valence-corrected chi connectivity index (χ4v) is 1.94. The summed E-state index contributed by atoms with van der Waals surface area (Å²) in [5.74, 6) is 0.519. The molecular weight excluding hydrogens is 268 g/mol. The smallest absolute Gasteiger partial charge is 0.129 e. The Morgan fingerprint density at radius 3 is 2.12 bits per heavy atom. The molecule has 2 aromatic carbocycles. The van der Waals surface area contributed by atoms with E-state index in [1.54, 1.807) is 18.2 Å². The molecule has 0 aromatic heterocycles. The quantitative estimate of drug-likeness (QED) is 0.883. The molecule has 0 heterocycles. The van der Waals surface area contributed by atoms with Crippen LogP contribution in [0.4, 0.5) is 0 Å². The van der Waals surface area contributed by atoms with E-state index in [2.05, 4.69) is 15.9 Å². The van der Waals surface area contributed by atoms with E-state index in [0.29, 0.717) is 4.47 Å². The van der Waals surface area contributed by atoms with Crippen molar-refractivity contribution in [2.24, 2.45) is 0 Å². The SMILES string of the molecule is Oc1ccc(Cc2ccc(O)c(Br)c2)cc1. The fraction of sp³-hybridized carbons (Fsp3) is 0.0769. The van der Waals surface area contributed by atoms with Gasteiger partial charge in [-0.2, -0.15) is 0 Å². The summed E-state index contributed by atoms with van der Waals surface area (Å²) in [4.78, 5) is 0. The van der Waals surface area contributed by atoms with E-state index in [4.69, 9.17) is 5.11 Å². The summed E-state index contributed by atoms with van der Waals surface area (Å²) < 4.78 is 0.698. The van der Waals surface area contributed by atoms with E-state index in [0.717, 1.165) is 17.5 Å². The van der Waals surface area contributed by atoms with Crippen LogP contribution in [0.1, 0.15) is 11.1 Å². The lowest BCUT2D eigenvalue weighted by molar-refractivity contribution is 0.471. The number of rotatable bonds is 2. The molecule has 2 nitrogen and oxygen atoms in total. The van der Waals surface area contributed by atoms with Gasteiger partial charge in [0.1, 0.15) is 11.5 Å². The Labute approximate surface area is 102 Å². The largest absolute Gasteiger partial charge is 0.508 e. The Bertz CT molecular complexity index is 492. The Hall–Kier alpha value is -1.48. The Kier molecular flexibility index (Phi) is 3.15. The van der Waals surface area contributed by atoms with Crippen LogP contribution in [0.3, 0.4) is 0 Å². The predicted molar refractivity (Wildman–Crippen MR) is 66.7 cm³/mol. The molecule has 0 radical (unpaired) electrons. The second kappa shape index (κ2) is 4.58. The Morgan fingerprint density at radius 1 is 0.875 bits per heavy atom. The molecule has 0 amide bonds. The first-order chi connectivity index (χ1) is 7.65. The van der Waals surface area contributed by atoms with Crippen molar-refractivity contribution in [3.63, 3.8) is 0 Å². The Balaban J connectivity index is 2.20. The van der Waals surface area contributed by atoms with Gasteiger partial charge in [-0.05, 0) is 57.7 Å². The second-order valence-corrected chi connectivity index (χ2v) is 4.48. The summed E-state index contributed by atoms with van der Waals surface area (Å²) in [6.07, 6.45) is 0.777. The number of hydrogen-bond donors (Lipinski definition) is 2. The highest BCUT2D eigenvalue weighted by Gasteiger charge is 2.01. The van der Waals surface area contributed by atoms with Crippen LogP contribution in [0.5, 0.6) is 11.5 Å². The van der Waals surface area contributed by atoms with Crippen LogP contribution in [0.25, 0.3) is 0 Å². The highest BCUT2D eigenvalue weighted by molar-refractivity contribution is 9.10. The minimum absolute atomic E-state index is 0.245. The molecule has 3 heteroatoms. The van der Waals surface area contributed by atoms with Crippen molar-refractivity contribution in [3.8, 4) is 11.5 Å². The van der Waals surface area contributed by atoms with Gasteiger partial charge in [0.05, 0.1) is 4.47 Å². The van der Waals surface area contributed by atoms with Crippen LogP contribution >= 0.6 is 15.9 Å². The third-order valence-corrected chi connectivity index (χ3v) is 2.99. The summed E-state index contributed by atoms with van der Waals surface area (Å²) in [5.41, 5.74) is 2.23. The average molecular weight is 279 g/mol. The standard InChI is InChI=1S/C13H11BrO2/c14-12-8-10(3-6-13(12)16)7-9-1-4-11(15)5-2-9/h1-6,8,15-16H,7H2. The molecule has 0 aliphatic carbocycles. The maximum Gasteiger partial charge on any atom is 0.129 e. The molecule has 0 atom stereocenters. The zero-order valence-corrected chi connectivity index (χ0v) is 10.1. The van der Waals surface area contributed by atoms with Gasteiger partial charge in [-0.1, -0.05) is 18.2 Å². The van der Waals surface area contributed by atoms with E-state index in [1.165, 1.54) is 0 Å². The summed E-state index contributed by atoms with van der Waals surface area (Å²) in [5, 5.41) is 18.5. The summed E-state index contributed by atoms with van der Waals surface area (Å²) in [7, 11) is 0. The average Bonchev–Trinajstić information content (AvgIpc) is 2.27. The van der Waals surface area contributed by atoms with E-state index >= 15 is 0 Å². The third kappa shape index (κ3) is 2.55. The van der Waals surface area contributed by atoms with Crippen molar-refractivity contribution in [1.29, 1.82) is 0 Å². The summed E-state index contributed by atoms with van der Waals surface area (Å²) in [6, 6.07) is 12.6. The number of phenols is 2. The van der Waals surface area contributed by atoms with Crippen LogP contribution in [0, 0.1) is 0 Å². The van der Waals surface area contributed by atoms with Crippen LogP contribution < -0.4 is 0 Å². The van der Waals surface area contributed by atoms with E-state index in [9.17, 15) is 5.11 Å². The van der Waals surface area contributed by atoms with E-state index in [-0.39, 0.29) is 11.5 Å². The fourth-order valence-electron chi connectivity index (χ4n) is 1.51. The van der Waals surface area contributed by atoms with Crippen LogP contribution in [0.15, 0.2) is 46.9 Å². The molecule has 0 saturated carbocycles. The molecule has 0 spiro atoms. The molecule has 0 aliphatic rings. The molecule has 0 saturated heterocycles. The molecule has 0 fully saturated rings. The van der Waals surface area contributed by atoms with Crippen molar-refractivity contribution >= 4 is 15.9 Å². The van der Waals surface area contributed by atoms with Crippen LogP contribution in [-0.2, 0) is 6.42 Å². The van der Waals surface area contributed by atoms with Crippen molar-refractivity contribution in [1.82, 2.24) is 0 Å². The van der Waals surface area contributed by atoms with Crippen LogP contribution in [0.2, 0.25) is 0 Å². The maximum atomic E-state index is 9.37. The van der Waals surface area contributed by atoms with Crippen molar-refractivity contribution in [2.75, 3.05) is 0 Å². The zero-order chi connectivity index (χ0) is 11.5. The maximum absolute atomic E-state index is 9.37. The van der Waals surface area contributed by atoms with Gasteiger partial charge in [-0.15, -0.1) is 0 Å². The number of phenolic OH excluding ortho intramolecular Hbond substituents is 2. The first-order valence-electron chi connectivity index (χ1n) is 4.90. The van der Waals surface area contributed by atoms with Gasteiger partial charge >= 0.3 is 0 Å². The highest BCUT2D eigenvalue weighted by atomic mass is 79.9. The van der Waals surface area contributed by atoms with Gasteiger partial charge in [-0.25, -0.2) is 0 Å².